The van der Waals surface area contributed by atoms with E-state index in [1.165, 1.54) is 40.0 Å². The number of aryl methyl sites for hydroxylation is 1. The molecule has 4 unspecified atom stereocenters. The molecule has 230 valence electrons. The average Bonchev–Trinajstić information content (AvgIpc) is 3.56. The van der Waals surface area contributed by atoms with Crippen LogP contribution in [0.25, 0.3) is 0 Å². The van der Waals surface area contributed by atoms with Crippen LogP contribution < -0.4 is 11.1 Å². The highest BCUT2D eigenvalue weighted by atomic mass is 32.2. The van der Waals surface area contributed by atoms with Gasteiger partial charge in [-0.1, -0.05) is 42.1 Å². The number of aromatic nitrogens is 4. The van der Waals surface area contributed by atoms with Crippen molar-refractivity contribution in [2.45, 2.75) is 54.8 Å². The Morgan fingerprint density at radius 2 is 2.02 bits per heavy atom. The topological polar surface area (TPSA) is 190 Å². The van der Waals surface area contributed by atoms with Gasteiger partial charge in [0, 0.05) is 25.1 Å². The highest BCUT2D eigenvalue weighted by Gasteiger charge is 2.54. The monoisotopic (exact) mass is 633 g/mol. The van der Waals surface area contributed by atoms with Crippen molar-refractivity contribution < 1.29 is 38.1 Å². The summed E-state index contributed by atoms with van der Waals surface area (Å²) < 4.78 is 22.7. The summed E-state index contributed by atoms with van der Waals surface area (Å²) in [6.07, 6.45) is -2.86. The van der Waals surface area contributed by atoms with Gasteiger partial charge in [-0.25, -0.2) is 14.3 Å². The third-order valence-corrected chi connectivity index (χ3v) is 9.39. The Bertz CT molecular complexity index is 1400. The SMILES string of the molecule is CC1OC(=O)OC1COC(=O)C1=C(CSc2nnnn2C)CS[C@H]2C(NCC(OC(=O)[C@H](C)N)c3ccccc3)C(=O)N12. The van der Waals surface area contributed by atoms with E-state index in [0.29, 0.717) is 22.2 Å². The lowest BCUT2D eigenvalue weighted by atomic mass is 10.0. The molecule has 2 saturated heterocycles. The summed E-state index contributed by atoms with van der Waals surface area (Å²) in [4.78, 5) is 52.2. The summed E-state index contributed by atoms with van der Waals surface area (Å²) in [5.41, 5.74) is 7.27. The number of benzene rings is 1. The van der Waals surface area contributed by atoms with Crippen molar-refractivity contribution in [3.05, 3.63) is 47.2 Å². The largest absolute Gasteiger partial charge is 0.509 e. The Hall–Kier alpha value is -3.67. The van der Waals surface area contributed by atoms with Crippen molar-refractivity contribution in [3.8, 4) is 0 Å². The van der Waals surface area contributed by atoms with Crippen molar-refractivity contribution in [2.24, 2.45) is 12.8 Å². The highest BCUT2D eigenvalue weighted by molar-refractivity contribution is 8.01. The first-order chi connectivity index (χ1) is 20.6. The van der Waals surface area contributed by atoms with Crippen molar-refractivity contribution in [2.75, 3.05) is 24.7 Å². The molecule has 3 aliphatic rings. The molecule has 2 aromatic rings. The zero-order valence-electron chi connectivity index (χ0n) is 23.6. The lowest BCUT2D eigenvalue weighted by molar-refractivity contribution is -0.154. The molecule has 1 aromatic heterocycles. The van der Waals surface area contributed by atoms with E-state index in [-0.39, 0.29) is 24.8 Å². The molecule has 3 aliphatic heterocycles. The van der Waals surface area contributed by atoms with Crippen molar-refractivity contribution in [3.63, 3.8) is 0 Å². The van der Waals surface area contributed by atoms with Crippen LogP contribution in [-0.2, 0) is 40.4 Å². The average molecular weight is 634 g/mol. The van der Waals surface area contributed by atoms with Gasteiger partial charge < -0.3 is 24.7 Å². The molecule has 43 heavy (non-hydrogen) atoms. The maximum atomic E-state index is 13.5. The van der Waals surface area contributed by atoms with E-state index in [0.717, 1.165) is 5.56 Å². The fourth-order valence-electron chi connectivity index (χ4n) is 4.58. The van der Waals surface area contributed by atoms with Crippen LogP contribution in [0.4, 0.5) is 4.79 Å². The number of cyclic esters (lactones) is 2. The van der Waals surface area contributed by atoms with Crippen molar-refractivity contribution in [1.29, 1.82) is 0 Å². The summed E-state index contributed by atoms with van der Waals surface area (Å²) in [5, 5.41) is 14.8. The summed E-state index contributed by atoms with van der Waals surface area (Å²) in [6.45, 7) is 3.10. The number of ether oxygens (including phenoxy) is 4. The van der Waals surface area contributed by atoms with E-state index in [9.17, 15) is 19.2 Å². The molecule has 1 aromatic carbocycles. The lowest BCUT2D eigenvalue weighted by Gasteiger charge is -2.50. The summed E-state index contributed by atoms with van der Waals surface area (Å²) in [7, 11) is 1.70. The summed E-state index contributed by atoms with van der Waals surface area (Å²) >= 11 is 2.81. The number of amides is 1. The Kier molecular flexibility index (Phi) is 9.53. The number of carbonyl (C=O) groups excluding carboxylic acids is 4. The van der Waals surface area contributed by atoms with Gasteiger partial charge >= 0.3 is 18.1 Å². The molecule has 0 bridgehead atoms. The number of nitrogens with zero attached hydrogens (tertiary/aromatic N) is 5. The first-order valence-electron chi connectivity index (χ1n) is 13.4. The maximum Gasteiger partial charge on any atom is 0.509 e. The number of hydrogen-bond donors (Lipinski definition) is 2. The van der Waals surface area contributed by atoms with E-state index < -0.39 is 53.9 Å². The van der Waals surface area contributed by atoms with Gasteiger partial charge in [0.05, 0.1) is 0 Å². The van der Waals surface area contributed by atoms with Crippen LogP contribution in [0.15, 0.2) is 46.8 Å². The van der Waals surface area contributed by atoms with E-state index in [1.807, 2.05) is 30.3 Å². The van der Waals surface area contributed by atoms with Crippen molar-refractivity contribution >= 4 is 47.5 Å². The zero-order valence-corrected chi connectivity index (χ0v) is 25.2. The van der Waals surface area contributed by atoms with Gasteiger partial charge in [0.15, 0.2) is 6.10 Å². The molecule has 1 amide bonds. The van der Waals surface area contributed by atoms with Crippen LogP contribution in [0.3, 0.4) is 0 Å². The lowest BCUT2D eigenvalue weighted by Crippen LogP contribution is -2.70. The van der Waals surface area contributed by atoms with Crippen LogP contribution in [-0.4, -0.2) is 103 Å². The summed E-state index contributed by atoms with van der Waals surface area (Å²) in [6, 6.07) is 7.70. The van der Waals surface area contributed by atoms with Gasteiger partial charge in [-0.2, -0.15) is 0 Å². The van der Waals surface area contributed by atoms with E-state index >= 15 is 0 Å². The molecule has 17 heteroatoms. The van der Waals surface area contributed by atoms with E-state index in [2.05, 4.69) is 20.8 Å². The number of hydrogen-bond acceptors (Lipinski definition) is 15. The molecule has 15 nitrogen and oxygen atoms in total. The van der Waals surface area contributed by atoms with Gasteiger partial charge in [-0.15, -0.1) is 16.9 Å². The molecule has 5 rings (SSSR count). The predicted octanol–water partition coefficient (Wildman–Crippen LogP) is 0.528. The number of rotatable bonds is 12. The zero-order chi connectivity index (χ0) is 30.7. The number of nitrogens with one attached hydrogen (secondary N) is 1. The first kappa shape index (κ1) is 30.8. The predicted molar refractivity (Wildman–Crippen MR) is 152 cm³/mol. The van der Waals surface area contributed by atoms with E-state index in [1.54, 1.807) is 14.0 Å². The maximum absolute atomic E-state index is 13.5. The Balaban J connectivity index is 1.31. The number of esters is 2. The molecular formula is C26H31N7O8S2. The number of tetrazole rings is 1. The molecular weight excluding hydrogens is 602 g/mol. The second-order valence-corrected chi connectivity index (χ2v) is 12.1. The van der Waals surface area contributed by atoms with Gasteiger partial charge in [0.1, 0.15) is 42.0 Å². The van der Waals surface area contributed by atoms with Crippen LogP contribution in [0, 0.1) is 0 Å². The Morgan fingerprint density at radius 1 is 1.26 bits per heavy atom. The van der Waals surface area contributed by atoms with Crippen LogP contribution >= 0.6 is 23.5 Å². The van der Waals surface area contributed by atoms with Gasteiger partial charge in [0.2, 0.25) is 11.1 Å². The minimum absolute atomic E-state index is 0.135. The molecule has 3 N–H and O–H groups in total. The quantitative estimate of drug-likeness (QED) is 0.142. The van der Waals surface area contributed by atoms with E-state index in [4.69, 9.17) is 24.7 Å². The molecule has 2 fully saturated rings. The third kappa shape index (κ3) is 6.79. The van der Waals surface area contributed by atoms with Crippen LogP contribution in [0.2, 0.25) is 0 Å². The second kappa shape index (κ2) is 13.3. The molecule has 4 heterocycles. The fraction of sp³-hybridized carbons (Fsp3) is 0.500. The first-order valence-corrected chi connectivity index (χ1v) is 15.5. The second-order valence-electron chi connectivity index (χ2n) is 10.1. The number of β-lactam (4-membered cyclic amide) rings is 1. The number of fused-ring (bicyclic) bond motifs is 1. The smallest absolute Gasteiger partial charge is 0.457 e. The number of carbonyl (C=O) groups is 4. The van der Waals surface area contributed by atoms with Gasteiger partial charge in [-0.05, 0) is 35.4 Å². The molecule has 0 saturated carbocycles. The Morgan fingerprint density at radius 3 is 2.67 bits per heavy atom. The number of nitrogens with two attached hydrogens (primary N) is 1. The highest BCUT2D eigenvalue weighted by Crippen LogP contribution is 2.42. The molecule has 6 atom stereocenters. The van der Waals surface area contributed by atoms with Crippen LogP contribution in [0.1, 0.15) is 25.5 Å². The fourth-order valence-corrected chi connectivity index (χ4v) is 6.94. The number of thioether (sulfide) groups is 2. The molecule has 0 spiro atoms. The van der Waals surface area contributed by atoms with Crippen LogP contribution in [0.5, 0.6) is 0 Å². The normalized spacial score (nSPS) is 24.4. The van der Waals surface area contributed by atoms with Crippen molar-refractivity contribution in [1.82, 2.24) is 30.4 Å². The minimum atomic E-state index is -0.830. The van der Waals surface area contributed by atoms with Gasteiger partial charge in [0.25, 0.3) is 0 Å². The Labute approximate surface area is 255 Å². The standard InChI is InChI=1S/C26H31N7O8S2/c1-13(27)23(35)40-17(15-7-5-4-6-8-15)9-28-19-21(34)33-20(24(36)38-10-18-14(2)39-26(37)41-18)16(11-42-22(19)33)12-43-25-29-30-31-32(25)3/h4-8,13-14,17-19,22,28H,9-12,27H2,1-3H3/t13-,14?,17?,18?,19?,22-/m0/s1. The third-order valence-electron chi connectivity index (χ3n) is 6.95. The molecule has 0 aliphatic carbocycles. The minimum Gasteiger partial charge on any atom is -0.457 e. The summed E-state index contributed by atoms with van der Waals surface area (Å²) in [5.74, 6) is -0.838. The van der Waals surface area contributed by atoms with Gasteiger partial charge in [-0.3, -0.25) is 19.8 Å². The molecule has 0 radical (unpaired) electrons.